The number of likely N-dealkylation sites (N-methyl/N-ethyl adjacent to an activating group) is 1. The quantitative estimate of drug-likeness (QED) is 0.162. The van der Waals surface area contributed by atoms with Gasteiger partial charge in [-0.3, -0.25) is 4.72 Å². The Labute approximate surface area is 219 Å². The number of nitrogens with one attached hydrogen (secondary N) is 4. The highest BCUT2D eigenvalue weighted by Crippen LogP contribution is 2.34. The smallest absolute Gasteiger partial charge is 0.383 e. The molecule has 0 spiro atoms. The van der Waals surface area contributed by atoms with Crippen LogP contribution in [0.5, 0.6) is 0 Å². The summed E-state index contributed by atoms with van der Waals surface area (Å²) in [6, 6.07) is 5.03. The van der Waals surface area contributed by atoms with E-state index in [-0.39, 0.29) is 32.4 Å². The minimum absolute atomic E-state index is 0.0184. The van der Waals surface area contributed by atoms with E-state index in [0.29, 0.717) is 25.2 Å². The molecule has 0 saturated carbocycles. The summed E-state index contributed by atoms with van der Waals surface area (Å²) < 4.78 is 82.0. The van der Waals surface area contributed by atoms with Crippen molar-refractivity contribution in [1.82, 2.24) is 10.3 Å². The van der Waals surface area contributed by atoms with E-state index in [2.05, 4.69) is 25.7 Å². The summed E-state index contributed by atoms with van der Waals surface area (Å²) in [5.41, 5.74) is -0.286. The summed E-state index contributed by atoms with van der Waals surface area (Å²) in [6.45, 7) is 3.45. The van der Waals surface area contributed by atoms with E-state index in [9.17, 15) is 26.0 Å². The van der Waals surface area contributed by atoms with Crippen LogP contribution in [-0.2, 0) is 22.7 Å². The molecule has 4 N–H and O–H groups in total. The highest BCUT2D eigenvalue weighted by molar-refractivity contribution is 7.93. The second kappa shape index (κ2) is 11.8. The van der Waals surface area contributed by atoms with Crippen LogP contribution in [0.4, 0.5) is 34.1 Å². The fourth-order valence-corrected chi connectivity index (χ4v) is 5.66. The number of halogens is 6. The zero-order chi connectivity index (χ0) is 26.5. The van der Waals surface area contributed by atoms with Gasteiger partial charge < -0.3 is 16.0 Å². The average Bonchev–Trinajstić information content (AvgIpc) is 3.20. The number of sulfonamides is 1. The second-order valence-corrected chi connectivity index (χ2v) is 11.1. The van der Waals surface area contributed by atoms with E-state index in [1.807, 2.05) is 6.92 Å². The van der Waals surface area contributed by atoms with Crippen LogP contribution in [0.25, 0.3) is 0 Å². The van der Waals surface area contributed by atoms with Crippen molar-refractivity contribution in [2.45, 2.75) is 24.5 Å². The molecule has 0 aliphatic rings. The summed E-state index contributed by atoms with van der Waals surface area (Å²) in [7, 11) is -4.26. The molecule has 15 heteroatoms. The SMILES string of the molecule is CCNCCNc1cc(C(F)(F)F)ccc1CNc1cc(Cl)c(S(=O)(=O)Nc2ncc(Cl)s2)cc1F. The lowest BCUT2D eigenvalue weighted by Gasteiger charge is -2.17. The van der Waals surface area contributed by atoms with Gasteiger partial charge in [-0.1, -0.05) is 47.5 Å². The Morgan fingerprint density at radius 2 is 1.81 bits per heavy atom. The lowest BCUT2D eigenvalue weighted by molar-refractivity contribution is -0.137. The first kappa shape index (κ1) is 28.3. The predicted octanol–water partition coefficient (Wildman–Crippen LogP) is 6.04. The Hall–Kier alpha value is -2.32. The van der Waals surface area contributed by atoms with Crippen LogP contribution < -0.4 is 20.7 Å². The molecule has 0 amide bonds. The number of rotatable bonds is 11. The lowest BCUT2D eigenvalue weighted by Crippen LogP contribution is -2.22. The van der Waals surface area contributed by atoms with Crippen molar-refractivity contribution in [3.8, 4) is 0 Å². The van der Waals surface area contributed by atoms with Gasteiger partial charge >= 0.3 is 6.18 Å². The van der Waals surface area contributed by atoms with Crippen molar-refractivity contribution < 1.29 is 26.0 Å². The molecule has 1 aromatic heterocycles. The van der Waals surface area contributed by atoms with Crippen molar-refractivity contribution in [2.75, 3.05) is 35.0 Å². The van der Waals surface area contributed by atoms with Gasteiger partial charge in [-0.25, -0.2) is 17.8 Å². The molecule has 0 fully saturated rings. The van der Waals surface area contributed by atoms with Gasteiger partial charge in [0.05, 0.1) is 22.5 Å². The number of hydrogen-bond acceptors (Lipinski definition) is 7. The maximum absolute atomic E-state index is 14.8. The van der Waals surface area contributed by atoms with Gasteiger partial charge in [0.2, 0.25) is 0 Å². The Morgan fingerprint density at radius 3 is 2.44 bits per heavy atom. The van der Waals surface area contributed by atoms with Crippen molar-refractivity contribution in [1.29, 1.82) is 0 Å². The Balaban J connectivity index is 1.80. The van der Waals surface area contributed by atoms with E-state index in [1.165, 1.54) is 12.3 Å². The van der Waals surface area contributed by atoms with Gasteiger partial charge in [0.1, 0.15) is 15.0 Å². The molecule has 3 rings (SSSR count). The molecule has 7 nitrogen and oxygen atoms in total. The summed E-state index contributed by atoms with van der Waals surface area (Å²) in [5, 5.41) is 8.48. The molecule has 2 aromatic carbocycles. The average molecular weight is 586 g/mol. The highest BCUT2D eigenvalue weighted by Gasteiger charge is 2.31. The van der Waals surface area contributed by atoms with Crippen molar-refractivity contribution >= 4 is 61.1 Å². The lowest BCUT2D eigenvalue weighted by atomic mass is 10.1. The van der Waals surface area contributed by atoms with E-state index in [0.717, 1.165) is 35.6 Å². The van der Waals surface area contributed by atoms with E-state index >= 15 is 0 Å². The van der Waals surface area contributed by atoms with Gasteiger partial charge in [-0.15, -0.1) is 0 Å². The molecule has 3 aromatic rings. The highest BCUT2D eigenvalue weighted by atomic mass is 35.5. The third kappa shape index (κ3) is 7.35. The summed E-state index contributed by atoms with van der Waals surface area (Å²) in [4.78, 5) is 3.27. The fraction of sp³-hybridized carbons (Fsp3) is 0.286. The second-order valence-electron chi connectivity index (χ2n) is 7.34. The molecular formula is C21H21Cl2F4N5O2S2. The van der Waals surface area contributed by atoms with E-state index in [1.54, 1.807) is 0 Å². The van der Waals surface area contributed by atoms with E-state index < -0.39 is 32.5 Å². The molecule has 36 heavy (non-hydrogen) atoms. The third-order valence-corrected chi connectivity index (χ3v) is 7.75. The van der Waals surface area contributed by atoms with Crippen LogP contribution in [0.2, 0.25) is 9.36 Å². The zero-order valence-electron chi connectivity index (χ0n) is 18.6. The first-order valence-corrected chi connectivity index (χ1v) is 13.5. The number of thiazole rings is 1. The maximum atomic E-state index is 14.8. The number of hydrogen-bond donors (Lipinski definition) is 4. The molecule has 0 radical (unpaired) electrons. The van der Waals surface area contributed by atoms with Crippen molar-refractivity contribution in [3.63, 3.8) is 0 Å². The molecule has 0 unspecified atom stereocenters. The minimum atomic E-state index is -4.52. The van der Waals surface area contributed by atoms with Crippen LogP contribution in [0.15, 0.2) is 41.4 Å². The molecule has 0 saturated heterocycles. The molecular weight excluding hydrogens is 565 g/mol. The third-order valence-electron chi connectivity index (χ3n) is 4.78. The summed E-state index contributed by atoms with van der Waals surface area (Å²) >= 11 is 12.7. The van der Waals surface area contributed by atoms with Gasteiger partial charge in [0.15, 0.2) is 5.13 Å². The first-order chi connectivity index (χ1) is 16.9. The first-order valence-electron chi connectivity index (χ1n) is 10.4. The Kier molecular flexibility index (Phi) is 9.28. The van der Waals surface area contributed by atoms with Gasteiger partial charge in [-0.2, -0.15) is 13.2 Å². The number of alkyl halides is 3. The van der Waals surface area contributed by atoms with Crippen LogP contribution >= 0.6 is 34.5 Å². The molecule has 0 atom stereocenters. The van der Waals surface area contributed by atoms with Crippen LogP contribution in [0.1, 0.15) is 18.1 Å². The van der Waals surface area contributed by atoms with Gasteiger partial charge in [0.25, 0.3) is 10.0 Å². The molecule has 1 heterocycles. The topological polar surface area (TPSA) is 95.1 Å². The monoisotopic (exact) mass is 585 g/mol. The van der Waals surface area contributed by atoms with Gasteiger partial charge in [0, 0.05) is 25.3 Å². The number of benzene rings is 2. The van der Waals surface area contributed by atoms with Crippen molar-refractivity contribution in [2.24, 2.45) is 0 Å². The van der Waals surface area contributed by atoms with Crippen LogP contribution in [0, 0.1) is 5.82 Å². The zero-order valence-corrected chi connectivity index (χ0v) is 21.8. The Bertz CT molecular complexity index is 1320. The van der Waals surface area contributed by atoms with E-state index in [4.69, 9.17) is 23.2 Å². The largest absolute Gasteiger partial charge is 0.416 e. The van der Waals surface area contributed by atoms with Crippen LogP contribution in [-0.4, -0.2) is 33.0 Å². The molecule has 196 valence electrons. The summed E-state index contributed by atoms with van der Waals surface area (Å²) in [5.74, 6) is -0.925. The normalized spacial score (nSPS) is 12.0. The van der Waals surface area contributed by atoms with Crippen molar-refractivity contribution in [3.05, 3.63) is 62.8 Å². The molecule has 0 bridgehead atoms. The van der Waals surface area contributed by atoms with Gasteiger partial charge in [-0.05, 0) is 36.4 Å². The summed E-state index contributed by atoms with van der Waals surface area (Å²) in [6.07, 6.45) is -3.27. The van der Waals surface area contributed by atoms with Crippen LogP contribution in [0.3, 0.4) is 0 Å². The molecule has 0 aliphatic carbocycles. The number of nitrogens with zero attached hydrogens (tertiary/aromatic N) is 1. The standard InChI is InChI=1S/C21H21Cl2F4N5O2S2/c1-2-28-5-6-29-16-7-13(21(25,26)27)4-3-12(16)10-30-17-8-14(22)18(9-15(17)24)36(33,34)32-20-31-11-19(23)35-20/h3-4,7-9,11,28-30H,2,5-6,10H2,1H3,(H,31,32). The fourth-order valence-electron chi connectivity index (χ4n) is 3.07. The number of aromatic nitrogens is 1. The predicted molar refractivity (Wildman–Crippen MR) is 135 cm³/mol. The Morgan fingerprint density at radius 1 is 1.06 bits per heavy atom. The minimum Gasteiger partial charge on any atom is -0.383 e. The number of anilines is 3. The molecule has 0 aliphatic heterocycles. The maximum Gasteiger partial charge on any atom is 0.416 e.